The van der Waals surface area contributed by atoms with E-state index in [0.29, 0.717) is 11.9 Å². The topological polar surface area (TPSA) is 61.0 Å². The van der Waals surface area contributed by atoms with Gasteiger partial charge in [-0.3, -0.25) is 4.79 Å². The fourth-order valence-electron chi connectivity index (χ4n) is 2.36. The van der Waals surface area contributed by atoms with Gasteiger partial charge in [0, 0.05) is 24.3 Å². The minimum atomic E-state index is -0.0444. The zero-order valence-electron chi connectivity index (χ0n) is 12.2. The molecule has 0 bridgehead atoms. The summed E-state index contributed by atoms with van der Waals surface area (Å²) in [6.45, 7) is 8.72. The molecule has 0 amide bonds. The van der Waals surface area contributed by atoms with Crippen LogP contribution in [-0.4, -0.2) is 41.5 Å². The fraction of sp³-hybridized carbons (Fsp3) is 0.692. The van der Waals surface area contributed by atoms with Gasteiger partial charge in [-0.15, -0.1) is 0 Å². The van der Waals surface area contributed by atoms with Gasteiger partial charge in [0.05, 0.1) is 5.56 Å². The number of likely N-dealkylation sites (N-methyl/N-ethyl adjacent to an activating group) is 1. The van der Waals surface area contributed by atoms with Crippen molar-refractivity contribution in [3.63, 3.8) is 0 Å². The van der Waals surface area contributed by atoms with Crippen LogP contribution in [0.15, 0.2) is 4.79 Å². The third kappa shape index (κ3) is 3.92. The predicted octanol–water partition coefficient (Wildman–Crippen LogP) is 0.987. The van der Waals surface area contributed by atoms with Gasteiger partial charge in [-0.25, -0.2) is 4.98 Å². The summed E-state index contributed by atoms with van der Waals surface area (Å²) in [7, 11) is 4.07. The second-order valence-electron chi connectivity index (χ2n) is 5.20. The maximum Gasteiger partial charge on any atom is 0.255 e. The summed E-state index contributed by atoms with van der Waals surface area (Å²) >= 11 is 0. The van der Waals surface area contributed by atoms with Gasteiger partial charge >= 0.3 is 0 Å². The Morgan fingerprint density at radius 1 is 1.33 bits per heavy atom. The quantitative estimate of drug-likeness (QED) is 0.820. The molecule has 0 saturated heterocycles. The zero-order chi connectivity index (χ0) is 13.9. The number of aromatic amines is 1. The standard InChI is InChI=1S/C13H24N4O/c1-8(7-17(5)6)14-9(2)12-10(3)15-11(4)16-13(12)18/h8-9,14H,7H2,1-6H3,(H,15,16,18). The third-order valence-electron chi connectivity index (χ3n) is 2.87. The number of aryl methyl sites for hydroxylation is 2. The molecule has 2 N–H and O–H groups in total. The van der Waals surface area contributed by atoms with E-state index in [2.05, 4.69) is 27.1 Å². The first-order valence-corrected chi connectivity index (χ1v) is 6.29. The highest BCUT2D eigenvalue weighted by Crippen LogP contribution is 2.11. The van der Waals surface area contributed by atoms with Gasteiger partial charge in [0.1, 0.15) is 5.82 Å². The Kier molecular flexibility index (Phi) is 5.04. The molecule has 1 heterocycles. The lowest BCUT2D eigenvalue weighted by Gasteiger charge is -2.23. The van der Waals surface area contributed by atoms with Gasteiger partial charge in [-0.05, 0) is 41.8 Å². The predicted molar refractivity (Wildman–Crippen MR) is 73.9 cm³/mol. The average molecular weight is 252 g/mol. The van der Waals surface area contributed by atoms with Crippen molar-refractivity contribution >= 4 is 0 Å². The highest BCUT2D eigenvalue weighted by molar-refractivity contribution is 5.20. The second-order valence-corrected chi connectivity index (χ2v) is 5.20. The van der Waals surface area contributed by atoms with E-state index in [9.17, 15) is 4.79 Å². The van der Waals surface area contributed by atoms with Crippen molar-refractivity contribution < 1.29 is 0 Å². The number of hydrogen-bond donors (Lipinski definition) is 2. The summed E-state index contributed by atoms with van der Waals surface area (Å²) in [5.74, 6) is 0.662. The third-order valence-corrected chi connectivity index (χ3v) is 2.87. The molecule has 5 nitrogen and oxygen atoms in total. The SMILES string of the molecule is Cc1nc(C)c(C(C)NC(C)CN(C)C)c(=O)[nH]1. The van der Waals surface area contributed by atoms with E-state index in [1.54, 1.807) is 6.92 Å². The maximum absolute atomic E-state index is 12.0. The summed E-state index contributed by atoms with van der Waals surface area (Å²) in [6, 6.07) is 0.312. The molecule has 0 aliphatic heterocycles. The zero-order valence-corrected chi connectivity index (χ0v) is 12.2. The Hall–Kier alpha value is -1.20. The molecular weight excluding hydrogens is 228 g/mol. The normalized spacial score (nSPS) is 14.8. The largest absolute Gasteiger partial charge is 0.310 e. The molecule has 0 saturated carbocycles. The van der Waals surface area contributed by atoms with E-state index < -0.39 is 0 Å². The Morgan fingerprint density at radius 3 is 2.44 bits per heavy atom. The van der Waals surface area contributed by atoms with E-state index in [4.69, 9.17) is 0 Å². The van der Waals surface area contributed by atoms with Crippen LogP contribution in [0, 0.1) is 13.8 Å². The molecule has 0 aromatic carbocycles. The van der Waals surface area contributed by atoms with Gasteiger partial charge in [-0.1, -0.05) is 0 Å². The van der Waals surface area contributed by atoms with Crippen molar-refractivity contribution in [3.05, 3.63) is 27.4 Å². The van der Waals surface area contributed by atoms with E-state index in [1.807, 2.05) is 27.9 Å². The van der Waals surface area contributed by atoms with Crippen LogP contribution >= 0.6 is 0 Å². The number of hydrogen-bond acceptors (Lipinski definition) is 4. The van der Waals surface area contributed by atoms with Gasteiger partial charge in [0.25, 0.3) is 5.56 Å². The lowest BCUT2D eigenvalue weighted by atomic mass is 10.1. The van der Waals surface area contributed by atoms with Gasteiger partial charge in [-0.2, -0.15) is 0 Å². The van der Waals surface area contributed by atoms with Crippen molar-refractivity contribution in [2.75, 3.05) is 20.6 Å². The van der Waals surface area contributed by atoms with Crippen molar-refractivity contribution in [2.45, 2.75) is 39.8 Å². The first-order valence-electron chi connectivity index (χ1n) is 6.29. The van der Waals surface area contributed by atoms with Gasteiger partial charge in [0.2, 0.25) is 0 Å². The van der Waals surface area contributed by atoms with E-state index in [-0.39, 0.29) is 11.6 Å². The van der Waals surface area contributed by atoms with E-state index in [1.165, 1.54) is 0 Å². The Labute approximate surface area is 109 Å². The molecule has 18 heavy (non-hydrogen) atoms. The van der Waals surface area contributed by atoms with Crippen molar-refractivity contribution in [2.24, 2.45) is 0 Å². The van der Waals surface area contributed by atoms with Crippen LogP contribution < -0.4 is 10.9 Å². The van der Waals surface area contributed by atoms with E-state index >= 15 is 0 Å². The lowest BCUT2D eigenvalue weighted by molar-refractivity contribution is 0.333. The number of H-pyrrole nitrogens is 1. The van der Waals surface area contributed by atoms with Crippen LogP contribution in [0.4, 0.5) is 0 Å². The maximum atomic E-state index is 12.0. The summed E-state index contributed by atoms with van der Waals surface area (Å²) in [5.41, 5.74) is 1.48. The molecule has 2 unspecified atom stereocenters. The van der Waals surface area contributed by atoms with Crippen molar-refractivity contribution in [3.8, 4) is 0 Å². The molecule has 0 aliphatic carbocycles. The van der Waals surface area contributed by atoms with Crippen molar-refractivity contribution in [1.82, 2.24) is 20.2 Å². The molecular formula is C13H24N4O. The highest BCUT2D eigenvalue weighted by Gasteiger charge is 2.16. The number of nitrogens with one attached hydrogen (secondary N) is 2. The number of nitrogens with zero attached hydrogens (tertiary/aromatic N) is 2. The lowest BCUT2D eigenvalue weighted by Crippen LogP contribution is -2.39. The van der Waals surface area contributed by atoms with Crippen LogP contribution in [0.5, 0.6) is 0 Å². The highest BCUT2D eigenvalue weighted by atomic mass is 16.1. The number of rotatable bonds is 5. The molecule has 0 fully saturated rings. The molecule has 1 rings (SSSR count). The Balaban J connectivity index is 2.85. The molecule has 5 heteroatoms. The Bertz CT molecular complexity index is 453. The molecule has 1 aromatic heterocycles. The van der Waals surface area contributed by atoms with Gasteiger partial charge < -0.3 is 15.2 Å². The molecule has 0 spiro atoms. The molecule has 1 aromatic rings. The monoisotopic (exact) mass is 252 g/mol. The van der Waals surface area contributed by atoms with Crippen LogP contribution in [0.2, 0.25) is 0 Å². The second kappa shape index (κ2) is 6.11. The first-order chi connectivity index (χ1) is 8.31. The van der Waals surface area contributed by atoms with Gasteiger partial charge in [0.15, 0.2) is 0 Å². The van der Waals surface area contributed by atoms with Crippen LogP contribution in [-0.2, 0) is 0 Å². The average Bonchev–Trinajstić information content (AvgIpc) is 2.12. The minimum absolute atomic E-state index is 0.00296. The van der Waals surface area contributed by atoms with E-state index in [0.717, 1.165) is 17.8 Å². The summed E-state index contributed by atoms with van der Waals surface area (Å²) in [4.78, 5) is 21.2. The molecule has 102 valence electrons. The first kappa shape index (κ1) is 14.9. The Morgan fingerprint density at radius 2 is 1.94 bits per heavy atom. The van der Waals surface area contributed by atoms with Crippen LogP contribution in [0.25, 0.3) is 0 Å². The van der Waals surface area contributed by atoms with Crippen molar-refractivity contribution in [1.29, 1.82) is 0 Å². The summed E-state index contributed by atoms with van der Waals surface area (Å²) < 4.78 is 0. The smallest absolute Gasteiger partial charge is 0.255 e. The molecule has 0 radical (unpaired) electrons. The van der Waals surface area contributed by atoms with Crippen LogP contribution in [0.1, 0.15) is 37.0 Å². The summed E-state index contributed by atoms with van der Waals surface area (Å²) in [6.07, 6.45) is 0. The molecule has 2 atom stereocenters. The van der Waals surface area contributed by atoms with Crippen LogP contribution in [0.3, 0.4) is 0 Å². The summed E-state index contributed by atoms with van der Waals surface area (Å²) in [5, 5.41) is 3.43. The number of aromatic nitrogens is 2. The fourth-order valence-corrected chi connectivity index (χ4v) is 2.36. The molecule has 0 aliphatic rings. The minimum Gasteiger partial charge on any atom is -0.310 e.